The lowest BCUT2D eigenvalue weighted by atomic mass is 10.1. The zero-order valence-corrected chi connectivity index (χ0v) is 15.4. The zero-order chi connectivity index (χ0) is 18.4. The molecule has 1 unspecified atom stereocenters. The minimum Gasteiger partial charge on any atom is -0.496 e. The molecular weight excluding hydrogens is 324 g/mol. The van der Waals surface area contributed by atoms with Gasteiger partial charge in [0.1, 0.15) is 11.6 Å². The van der Waals surface area contributed by atoms with E-state index in [1.807, 2.05) is 54.7 Å². The number of likely N-dealkylation sites (N-methyl/N-ethyl adjacent to an activating group) is 1. The van der Waals surface area contributed by atoms with Crippen LogP contribution >= 0.6 is 0 Å². The van der Waals surface area contributed by atoms with E-state index in [-0.39, 0.29) is 6.04 Å². The number of benzene rings is 1. The first kappa shape index (κ1) is 17.9. The molecule has 0 aliphatic carbocycles. The Labute approximate surface area is 154 Å². The Morgan fingerprint density at radius 3 is 2.62 bits per heavy atom. The monoisotopic (exact) mass is 348 g/mol. The Hall–Kier alpha value is -2.92. The maximum absolute atomic E-state index is 5.45. The summed E-state index contributed by atoms with van der Waals surface area (Å²) in [4.78, 5) is 11.2. The quantitative estimate of drug-likeness (QED) is 0.702. The summed E-state index contributed by atoms with van der Waals surface area (Å²) in [7, 11) is 5.81. The van der Waals surface area contributed by atoms with Crippen LogP contribution in [0.15, 0.2) is 67.0 Å². The maximum Gasteiger partial charge on any atom is 0.128 e. The molecule has 5 nitrogen and oxygen atoms in total. The molecule has 2 heterocycles. The second-order valence-corrected chi connectivity index (χ2v) is 6.26. The van der Waals surface area contributed by atoms with Crippen LogP contribution in [0.25, 0.3) is 11.3 Å². The van der Waals surface area contributed by atoms with Gasteiger partial charge < -0.3 is 15.0 Å². The van der Waals surface area contributed by atoms with E-state index in [1.165, 1.54) is 5.56 Å². The average Bonchev–Trinajstić information content (AvgIpc) is 2.69. The van der Waals surface area contributed by atoms with Crippen molar-refractivity contribution in [3.05, 3.63) is 72.6 Å². The summed E-state index contributed by atoms with van der Waals surface area (Å²) in [5.41, 5.74) is 3.04. The summed E-state index contributed by atoms with van der Waals surface area (Å²) in [6.45, 7) is 0.737. The van der Waals surface area contributed by atoms with Crippen LogP contribution in [0.3, 0.4) is 0 Å². The Balaban J connectivity index is 1.78. The number of pyridine rings is 2. The number of nitrogens with zero attached hydrogens (tertiary/aromatic N) is 3. The molecule has 0 saturated heterocycles. The van der Waals surface area contributed by atoms with Gasteiger partial charge >= 0.3 is 0 Å². The summed E-state index contributed by atoms with van der Waals surface area (Å²) >= 11 is 0. The van der Waals surface area contributed by atoms with E-state index in [9.17, 15) is 0 Å². The van der Waals surface area contributed by atoms with Gasteiger partial charge in [0.15, 0.2) is 0 Å². The van der Waals surface area contributed by atoms with E-state index in [1.54, 1.807) is 13.3 Å². The Kier molecular flexibility index (Phi) is 5.81. The van der Waals surface area contributed by atoms with Crippen LogP contribution in [0.2, 0.25) is 0 Å². The highest BCUT2D eigenvalue weighted by Crippen LogP contribution is 2.29. The molecule has 0 amide bonds. The van der Waals surface area contributed by atoms with Gasteiger partial charge in [-0.3, -0.25) is 4.98 Å². The van der Waals surface area contributed by atoms with Crippen LogP contribution in [0.1, 0.15) is 11.6 Å². The van der Waals surface area contributed by atoms with Crippen molar-refractivity contribution in [3.8, 4) is 17.0 Å². The first-order valence-electron chi connectivity index (χ1n) is 8.59. The van der Waals surface area contributed by atoms with Crippen LogP contribution in [0.4, 0.5) is 5.82 Å². The highest BCUT2D eigenvalue weighted by Gasteiger charge is 2.14. The third-order valence-electron chi connectivity index (χ3n) is 4.30. The van der Waals surface area contributed by atoms with Crippen molar-refractivity contribution >= 4 is 5.82 Å². The van der Waals surface area contributed by atoms with Crippen molar-refractivity contribution in [1.29, 1.82) is 0 Å². The second-order valence-electron chi connectivity index (χ2n) is 6.26. The second kappa shape index (κ2) is 8.45. The smallest absolute Gasteiger partial charge is 0.128 e. The largest absolute Gasteiger partial charge is 0.496 e. The number of methoxy groups -OCH3 is 1. The lowest BCUT2D eigenvalue weighted by molar-refractivity contribution is 0.311. The fraction of sp³-hybridized carbons (Fsp3) is 0.238. The molecular formula is C21H24N4O. The summed E-state index contributed by atoms with van der Waals surface area (Å²) in [5.74, 6) is 1.66. The summed E-state index contributed by atoms with van der Waals surface area (Å²) in [6.07, 6.45) is 3.70. The maximum atomic E-state index is 5.45. The molecule has 0 radical (unpaired) electrons. The molecule has 0 fully saturated rings. The van der Waals surface area contributed by atoms with Crippen LogP contribution < -0.4 is 10.1 Å². The van der Waals surface area contributed by atoms with Gasteiger partial charge in [0.2, 0.25) is 0 Å². The molecule has 0 bridgehead atoms. The molecule has 2 aromatic heterocycles. The molecule has 26 heavy (non-hydrogen) atoms. The molecule has 3 rings (SSSR count). The number of para-hydroxylation sites is 1. The van der Waals surface area contributed by atoms with E-state index in [0.717, 1.165) is 29.4 Å². The predicted molar refractivity (Wildman–Crippen MR) is 105 cm³/mol. The summed E-state index contributed by atoms with van der Waals surface area (Å²) in [5, 5.41) is 3.45. The number of anilines is 1. The standard InChI is InChI=1S/C21H24N4O/c1-25(2)19(16-8-7-13-22-14-16)15-23-21-12-6-10-18(24-21)17-9-4-5-11-20(17)26-3/h4-14,19H,15H2,1-3H3,(H,23,24). The van der Waals surface area contributed by atoms with Crippen LogP contribution in [-0.4, -0.2) is 42.6 Å². The number of aromatic nitrogens is 2. The number of hydrogen-bond acceptors (Lipinski definition) is 5. The normalized spacial score (nSPS) is 12.0. The van der Waals surface area contributed by atoms with Crippen molar-refractivity contribution in [2.75, 3.05) is 33.1 Å². The third kappa shape index (κ3) is 4.18. The first-order chi connectivity index (χ1) is 12.7. The van der Waals surface area contributed by atoms with Crippen molar-refractivity contribution < 1.29 is 4.74 Å². The molecule has 134 valence electrons. The van der Waals surface area contributed by atoms with Crippen LogP contribution in [0, 0.1) is 0 Å². The molecule has 1 atom stereocenters. The van der Waals surface area contributed by atoms with Gasteiger partial charge in [0.05, 0.1) is 18.8 Å². The summed E-state index contributed by atoms with van der Waals surface area (Å²) < 4.78 is 5.45. The summed E-state index contributed by atoms with van der Waals surface area (Å²) in [6, 6.07) is 18.2. The molecule has 3 aromatic rings. The first-order valence-corrected chi connectivity index (χ1v) is 8.59. The van der Waals surface area contributed by atoms with Crippen molar-refractivity contribution in [1.82, 2.24) is 14.9 Å². The van der Waals surface area contributed by atoms with Gasteiger partial charge in [-0.1, -0.05) is 24.3 Å². The molecule has 0 saturated carbocycles. The number of nitrogens with one attached hydrogen (secondary N) is 1. The molecule has 0 aliphatic rings. The van der Waals surface area contributed by atoms with Gasteiger partial charge in [-0.25, -0.2) is 4.98 Å². The van der Waals surface area contributed by atoms with Gasteiger partial charge in [-0.05, 0) is 50.0 Å². The molecule has 1 aromatic carbocycles. The van der Waals surface area contributed by atoms with Gasteiger partial charge in [-0.2, -0.15) is 0 Å². The topological polar surface area (TPSA) is 50.3 Å². The SMILES string of the molecule is COc1ccccc1-c1cccc(NCC(c2cccnc2)N(C)C)n1. The number of hydrogen-bond donors (Lipinski definition) is 1. The van der Waals surface area contributed by atoms with Gasteiger partial charge in [-0.15, -0.1) is 0 Å². The minimum absolute atomic E-state index is 0.209. The van der Waals surface area contributed by atoms with Crippen molar-refractivity contribution in [2.24, 2.45) is 0 Å². The Morgan fingerprint density at radius 1 is 1.04 bits per heavy atom. The van der Waals surface area contributed by atoms with E-state index in [0.29, 0.717) is 0 Å². The van der Waals surface area contributed by atoms with Crippen LogP contribution in [-0.2, 0) is 0 Å². The van der Waals surface area contributed by atoms with Gasteiger partial charge in [0.25, 0.3) is 0 Å². The minimum atomic E-state index is 0.209. The molecule has 0 aliphatic heterocycles. The number of ether oxygens (including phenoxy) is 1. The van der Waals surface area contributed by atoms with E-state index >= 15 is 0 Å². The van der Waals surface area contributed by atoms with E-state index in [4.69, 9.17) is 9.72 Å². The van der Waals surface area contributed by atoms with Gasteiger partial charge in [0, 0.05) is 24.5 Å². The molecule has 5 heteroatoms. The third-order valence-corrected chi connectivity index (χ3v) is 4.30. The van der Waals surface area contributed by atoms with Crippen molar-refractivity contribution in [3.63, 3.8) is 0 Å². The highest BCUT2D eigenvalue weighted by atomic mass is 16.5. The lowest BCUT2D eigenvalue weighted by Gasteiger charge is -2.25. The van der Waals surface area contributed by atoms with Crippen LogP contribution in [0.5, 0.6) is 5.75 Å². The predicted octanol–water partition coefficient (Wildman–Crippen LogP) is 3.87. The average molecular weight is 348 g/mol. The zero-order valence-electron chi connectivity index (χ0n) is 15.4. The Bertz CT molecular complexity index is 836. The van der Waals surface area contributed by atoms with E-state index in [2.05, 4.69) is 35.4 Å². The lowest BCUT2D eigenvalue weighted by Crippen LogP contribution is -2.27. The van der Waals surface area contributed by atoms with Crippen molar-refractivity contribution in [2.45, 2.75) is 6.04 Å². The van der Waals surface area contributed by atoms with E-state index < -0.39 is 0 Å². The molecule has 1 N–H and O–H groups in total. The fourth-order valence-electron chi connectivity index (χ4n) is 2.91. The fourth-order valence-corrected chi connectivity index (χ4v) is 2.91. The number of rotatable bonds is 7. The Morgan fingerprint density at radius 2 is 1.88 bits per heavy atom. The molecule has 0 spiro atoms. The highest BCUT2D eigenvalue weighted by molar-refractivity contribution is 5.68.